The second kappa shape index (κ2) is 8.37. The third kappa shape index (κ3) is 5.44. The number of methoxy groups -OCH3 is 1. The summed E-state index contributed by atoms with van der Waals surface area (Å²) >= 11 is 0. The van der Waals surface area contributed by atoms with Gasteiger partial charge in [0.05, 0.1) is 19.3 Å². The van der Waals surface area contributed by atoms with Crippen molar-refractivity contribution in [3.8, 4) is 5.75 Å². The Kier molecular flexibility index (Phi) is 6.21. The van der Waals surface area contributed by atoms with Crippen LogP contribution in [0, 0.1) is 5.92 Å². The summed E-state index contributed by atoms with van der Waals surface area (Å²) in [4.78, 5) is 11.5. The van der Waals surface area contributed by atoms with E-state index in [-0.39, 0.29) is 5.97 Å². The zero-order chi connectivity index (χ0) is 16.7. The summed E-state index contributed by atoms with van der Waals surface area (Å²) in [6.07, 6.45) is 1.93. The summed E-state index contributed by atoms with van der Waals surface area (Å²) in [5.74, 6) is 0.991. The standard InChI is InChI=1S/C20H24O3/c1-15(2)12-17-7-4-6-16(13-17)10-11-23-19-9-5-8-18(14-19)20(21)22-3/h4-9,13-15H,10-12H2,1-3H3. The molecule has 0 aliphatic rings. The summed E-state index contributed by atoms with van der Waals surface area (Å²) in [6.45, 7) is 5.03. The summed E-state index contributed by atoms with van der Waals surface area (Å²) in [6, 6.07) is 15.7. The number of carbonyl (C=O) groups excluding carboxylic acids is 1. The van der Waals surface area contributed by atoms with Gasteiger partial charge in [-0.25, -0.2) is 4.79 Å². The lowest BCUT2D eigenvalue weighted by molar-refractivity contribution is 0.0600. The van der Waals surface area contributed by atoms with Crippen LogP contribution in [0.1, 0.15) is 35.3 Å². The van der Waals surface area contributed by atoms with Crippen molar-refractivity contribution < 1.29 is 14.3 Å². The SMILES string of the molecule is COC(=O)c1cccc(OCCc2cccc(CC(C)C)c2)c1. The van der Waals surface area contributed by atoms with Crippen LogP contribution >= 0.6 is 0 Å². The molecule has 2 aromatic rings. The summed E-state index contributed by atoms with van der Waals surface area (Å²) in [7, 11) is 1.38. The first-order valence-corrected chi connectivity index (χ1v) is 7.97. The van der Waals surface area contributed by atoms with E-state index in [0.717, 1.165) is 12.8 Å². The lowest BCUT2D eigenvalue weighted by Gasteiger charge is -2.09. The molecule has 0 aromatic heterocycles. The van der Waals surface area contributed by atoms with Crippen LogP contribution in [0.15, 0.2) is 48.5 Å². The third-order valence-corrected chi connectivity index (χ3v) is 3.55. The van der Waals surface area contributed by atoms with Crippen molar-refractivity contribution in [3.05, 3.63) is 65.2 Å². The molecule has 2 aromatic carbocycles. The smallest absolute Gasteiger partial charge is 0.337 e. The van der Waals surface area contributed by atoms with Crippen LogP contribution < -0.4 is 4.74 Å². The fraction of sp³-hybridized carbons (Fsp3) is 0.350. The molecule has 0 amide bonds. The number of rotatable bonds is 7. The van der Waals surface area contributed by atoms with Crippen molar-refractivity contribution in [1.29, 1.82) is 0 Å². The molecule has 0 atom stereocenters. The van der Waals surface area contributed by atoms with E-state index in [1.165, 1.54) is 18.2 Å². The first-order valence-electron chi connectivity index (χ1n) is 7.97. The van der Waals surface area contributed by atoms with Gasteiger partial charge in [0.1, 0.15) is 5.75 Å². The Balaban J connectivity index is 1.91. The van der Waals surface area contributed by atoms with Crippen molar-refractivity contribution in [2.24, 2.45) is 5.92 Å². The highest BCUT2D eigenvalue weighted by Gasteiger charge is 2.06. The number of carbonyl (C=O) groups is 1. The number of ether oxygens (including phenoxy) is 2. The second-order valence-corrected chi connectivity index (χ2v) is 6.04. The van der Waals surface area contributed by atoms with Crippen LogP contribution in [0.3, 0.4) is 0 Å². The number of benzene rings is 2. The van der Waals surface area contributed by atoms with E-state index in [9.17, 15) is 4.79 Å². The zero-order valence-electron chi connectivity index (χ0n) is 14.0. The molecule has 0 radical (unpaired) electrons. The van der Waals surface area contributed by atoms with Crippen LogP contribution in [0.2, 0.25) is 0 Å². The maximum absolute atomic E-state index is 11.5. The van der Waals surface area contributed by atoms with Gasteiger partial charge in [-0.3, -0.25) is 0 Å². The van der Waals surface area contributed by atoms with Crippen molar-refractivity contribution >= 4 is 5.97 Å². The minimum atomic E-state index is -0.350. The molecular weight excluding hydrogens is 288 g/mol. The lowest BCUT2D eigenvalue weighted by atomic mass is 10.0. The zero-order valence-corrected chi connectivity index (χ0v) is 14.0. The quantitative estimate of drug-likeness (QED) is 0.715. The molecule has 0 spiro atoms. The van der Waals surface area contributed by atoms with E-state index in [0.29, 0.717) is 23.8 Å². The van der Waals surface area contributed by atoms with E-state index < -0.39 is 0 Å². The Labute approximate surface area is 138 Å². The fourth-order valence-corrected chi connectivity index (χ4v) is 2.50. The molecular formula is C20H24O3. The molecule has 3 nitrogen and oxygen atoms in total. The van der Waals surface area contributed by atoms with Gasteiger partial charge in [-0.05, 0) is 41.7 Å². The molecule has 0 aliphatic heterocycles. The number of hydrogen-bond acceptors (Lipinski definition) is 3. The van der Waals surface area contributed by atoms with Crippen LogP contribution in [-0.2, 0) is 17.6 Å². The van der Waals surface area contributed by atoms with Crippen molar-refractivity contribution in [2.75, 3.05) is 13.7 Å². The average molecular weight is 312 g/mol. The molecule has 0 saturated carbocycles. The van der Waals surface area contributed by atoms with Crippen molar-refractivity contribution in [3.63, 3.8) is 0 Å². The predicted molar refractivity (Wildman–Crippen MR) is 92.0 cm³/mol. The Morgan fingerprint density at radius 3 is 2.52 bits per heavy atom. The third-order valence-electron chi connectivity index (χ3n) is 3.55. The number of esters is 1. The van der Waals surface area contributed by atoms with E-state index in [4.69, 9.17) is 9.47 Å². The maximum Gasteiger partial charge on any atom is 0.337 e. The molecule has 0 aliphatic carbocycles. The molecule has 0 unspecified atom stereocenters. The summed E-state index contributed by atoms with van der Waals surface area (Å²) in [5, 5.41) is 0. The van der Waals surface area contributed by atoms with Crippen molar-refractivity contribution in [2.45, 2.75) is 26.7 Å². The average Bonchev–Trinajstić information content (AvgIpc) is 2.54. The van der Waals surface area contributed by atoms with Gasteiger partial charge >= 0.3 is 5.97 Å². The van der Waals surface area contributed by atoms with Gasteiger partial charge in [0, 0.05) is 6.42 Å². The largest absolute Gasteiger partial charge is 0.493 e. The topological polar surface area (TPSA) is 35.5 Å². The molecule has 23 heavy (non-hydrogen) atoms. The molecule has 3 heteroatoms. The van der Waals surface area contributed by atoms with Crippen LogP contribution in [-0.4, -0.2) is 19.7 Å². The minimum absolute atomic E-state index is 0.350. The first kappa shape index (κ1) is 17.1. The van der Waals surface area contributed by atoms with E-state index in [1.54, 1.807) is 18.2 Å². The normalized spacial score (nSPS) is 10.6. The van der Waals surface area contributed by atoms with Crippen LogP contribution in [0.4, 0.5) is 0 Å². The summed E-state index contributed by atoms with van der Waals surface area (Å²) < 4.78 is 10.5. The van der Waals surface area contributed by atoms with Gasteiger partial charge in [0.25, 0.3) is 0 Å². The summed E-state index contributed by atoms with van der Waals surface area (Å²) in [5.41, 5.74) is 3.14. The van der Waals surface area contributed by atoms with Crippen molar-refractivity contribution in [1.82, 2.24) is 0 Å². The second-order valence-electron chi connectivity index (χ2n) is 6.04. The molecule has 0 bridgehead atoms. The van der Waals surface area contributed by atoms with E-state index in [2.05, 4.69) is 38.1 Å². The fourth-order valence-electron chi connectivity index (χ4n) is 2.50. The molecule has 122 valence electrons. The molecule has 0 saturated heterocycles. The highest BCUT2D eigenvalue weighted by Crippen LogP contribution is 2.15. The number of hydrogen-bond donors (Lipinski definition) is 0. The highest BCUT2D eigenvalue weighted by atomic mass is 16.5. The minimum Gasteiger partial charge on any atom is -0.493 e. The maximum atomic E-state index is 11.5. The van der Waals surface area contributed by atoms with E-state index >= 15 is 0 Å². The van der Waals surface area contributed by atoms with Gasteiger partial charge in [-0.1, -0.05) is 44.2 Å². The Morgan fingerprint density at radius 2 is 1.78 bits per heavy atom. The van der Waals surface area contributed by atoms with Gasteiger partial charge in [0.15, 0.2) is 0 Å². The molecule has 0 N–H and O–H groups in total. The van der Waals surface area contributed by atoms with Crippen LogP contribution in [0.5, 0.6) is 5.75 Å². The van der Waals surface area contributed by atoms with Gasteiger partial charge in [-0.2, -0.15) is 0 Å². The molecule has 0 heterocycles. The van der Waals surface area contributed by atoms with Gasteiger partial charge < -0.3 is 9.47 Å². The Morgan fingerprint density at radius 1 is 1.04 bits per heavy atom. The van der Waals surface area contributed by atoms with Crippen LogP contribution in [0.25, 0.3) is 0 Å². The first-order chi connectivity index (χ1) is 11.1. The van der Waals surface area contributed by atoms with Gasteiger partial charge in [0.2, 0.25) is 0 Å². The lowest BCUT2D eigenvalue weighted by Crippen LogP contribution is -2.04. The Bertz CT molecular complexity index is 647. The monoisotopic (exact) mass is 312 g/mol. The molecule has 2 rings (SSSR count). The molecule has 0 fully saturated rings. The van der Waals surface area contributed by atoms with Gasteiger partial charge in [-0.15, -0.1) is 0 Å². The van der Waals surface area contributed by atoms with E-state index in [1.807, 2.05) is 6.07 Å². The Hall–Kier alpha value is -2.29. The highest BCUT2D eigenvalue weighted by molar-refractivity contribution is 5.89. The predicted octanol–water partition coefficient (Wildman–Crippen LogP) is 4.29.